The Morgan fingerprint density at radius 1 is 1.16 bits per heavy atom. The van der Waals surface area contributed by atoms with Gasteiger partial charge in [-0.15, -0.1) is 0 Å². The van der Waals surface area contributed by atoms with Gasteiger partial charge >= 0.3 is 0 Å². The highest BCUT2D eigenvalue weighted by atomic mass is 35.5. The molecule has 3 rings (SSSR count). The third kappa shape index (κ3) is 5.50. The Balaban J connectivity index is 1.92. The summed E-state index contributed by atoms with van der Waals surface area (Å²) in [6.45, 7) is 2.08. The maximum Gasteiger partial charge on any atom is 0.269 e. The number of anilines is 1. The van der Waals surface area contributed by atoms with Gasteiger partial charge in [-0.3, -0.25) is 24.6 Å². The quantitative estimate of drug-likeness (QED) is 0.370. The van der Waals surface area contributed by atoms with Crippen molar-refractivity contribution in [2.24, 2.45) is 0 Å². The number of amides is 1. The van der Waals surface area contributed by atoms with Gasteiger partial charge in [0, 0.05) is 36.6 Å². The molecule has 0 spiro atoms. The summed E-state index contributed by atoms with van der Waals surface area (Å²) in [6.07, 6.45) is 2.84. The second-order valence-electron chi connectivity index (χ2n) is 6.37. The molecule has 12 heteroatoms. The number of aromatic nitrogens is 1. The van der Waals surface area contributed by atoms with Crippen molar-refractivity contribution in [1.82, 2.24) is 10.3 Å². The number of hydrogen-bond donors (Lipinski definition) is 2. The minimum atomic E-state index is -4.06. The lowest BCUT2D eigenvalue weighted by atomic mass is 10.1. The van der Waals surface area contributed by atoms with Gasteiger partial charge in [0.1, 0.15) is 11.5 Å². The second kappa shape index (κ2) is 9.62. The number of nitrogens with zero attached hydrogens (tertiary/aromatic N) is 2. The van der Waals surface area contributed by atoms with Crippen LogP contribution in [-0.2, 0) is 10.0 Å². The van der Waals surface area contributed by atoms with E-state index in [4.69, 9.17) is 16.3 Å². The summed E-state index contributed by atoms with van der Waals surface area (Å²) in [6, 6.07) is 10.1. The fourth-order valence-electron chi connectivity index (χ4n) is 2.65. The highest BCUT2D eigenvalue weighted by Crippen LogP contribution is 2.30. The molecule has 0 radical (unpaired) electrons. The predicted molar refractivity (Wildman–Crippen MR) is 118 cm³/mol. The Morgan fingerprint density at radius 3 is 2.50 bits per heavy atom. The van der Waals surface area contributed by atoms with Gasteiger partial charge in [0.05, 0.1) is 26.6 Å². The number of halogens is 1. The minimum absolute atomic E-state index is 0.0794. The van der Waals surface area contributed by atoms with Crippen LogP contribution >= 0.6 is 11.6 Å². The first kappa shape index (κ1) is 23.0. The van der Waals surface area contributed by atoms with E-state index in [9.17, 15) is 23.3 Å². The Morgan fingerprint density at radius 2 is 1.88 bits per heavy atom. The summed E-state index contributed by atoms with van der Waals surface area (Å²) < 4.78 is 33.4. The van der Waals surface area contributed by atoms with E-state index in [1.165, 1.54) is 36.7 Å². The molecule has 0 aliphatic heterocycles. The van der Waals surface area contributed by atoms with Gasteiger partial charge in [0.25, 0.3) is 21.6 Å². The molecule has 0 atom stereocenters. The Kier molecular flexibility index (Phi) is 6.91. The van der Waals surface area contributed by atoms with Crippen molar-refractivity contribution in [3.8, 4) is 11.5 Å². The van der Waals surface area contributed by atoms with Crippen LogP contribution in [0.4, 0.5) is 11.4 Å². The number of hydrogen-bond acceptors (Lipinski definition) is 7. The highest BCUT2D eigenvalue weighted by Gasteiger charge is 2.19. The molecule has 1 amide bonds. The van der Waals surface area contributed by atoms with Crippen LogP contribution in [-0.4, -0.2) is 30.8 Å². The molecule has 10 nitrogen and oxygen atoms in total. The molecule has 3 aromatic rings. The van der Waals surface area contributed by atoms with Crippen molar-refractivity contribution in [2.45, 2.75) is 11.8 Å². The average molecular weight is 477 g/mol. The average Bonchev–Trinajstić information content (AvgIpc) is 2.75. The number of nitro benzene ring substituents is 1. The summed E-state index contributed by atoms with van der Waals surface area (Å²) in [4.78, 5) is 26.4. The van der Waals surface area contributed by atoms with Crippen LogP contribution in [0.3, 0.4) is 0 Å². The maximum atomic E-state index is 12.7. The molecule has 0 saturated heterocycles. The Hall–Kier alpha value is -3.70. The fourth-order valence-corrected chi connectivity index (χ4v) is 3.87. The van der Waals surface area contributed by atoms with E-state index in [1.807, 2.05) is 0 Å². The zero-order valence-corrected chi connectivity index (χ0v) is 18.2. The Bertz CT molecular complexity index is 1270. The van der Waals surface area contributed by atoms with E-state index in [0.29, 0.717) is 17.3 Å². The standard InChI is InChI=1S/C20H17ClN4O6S/c1-2-23-20(26)18-10-14(3-8-19(18)31-16-9-13(21)11-22-12-16)24-32(29,30)17-6-4-15(5-7-17)25(27)28/h3-12,24H,2H2,1H3,(H,23,26). The fraction of sp³-hybridized carbons (Fsp3) is 0.100. The SMILES string of the molecule is CCNC(=O)c1cc(NS(=O)(=O)c2ccc([N+](=O)[O-])cc2)ccc1Oc1cncc(Cl)c1. The molecule has 32 heavy (non-hydrogen) atoms. The monoisotopic (exact) mass is 476 g/mol. The normalized spacial score (nSPS) is 10.9. The number of non-ortho nitro benzene ring substituents is 1. The van der Waals surface area contributed by atoms with Crippen LogP contribution in [0.5, 0.6) is 11.5 Å². The van der Waals surface area contributed by atoms with E-state index in [-0.39, 0.29) is 27.6 Å². The molecule has 0 aliphatic carbocycles. The highest BCUT2D eigenvalue weighted by molar-refractivity contribution is 7.92. The summed E-state index contributed by atoms with van der Waals surface area (Å²) in [5, 5.41) is 13.7. The summed E-state index contributed by atoms with van der Waals surface area (Å²) >= 11 is 5.91. The molecule has 1 heterocycles. The molecule has 0 bridgehead atoms. The Labute approximate surface area is 188 Å². The van der Waals surface area contributed by atoms with E-state index in [0.717, 1.165) is 24.3 Å². The summed E-state index contributed by atoms with van der Waals surface area (Å²) in [5.41, 5.74) is -0.0589. The van der Waals surface area contributed by atoms with E-state index in [1.54, 1.807) is 6.92 Å². The van der Waals surface area contributed by atoms with Gasteiger partial charge < -0.3 is 10.1 Å². The van der Waals surface area contributed by atoms with E-state index in [2.05, 4.69) is 15.0 Å². The van der Waals surface area contributed by atoms with Crippen molar-refractivity contribution in [2.75, 3.05) is 11.3 Å². The van der Waals surface area contributed by atoms with Crippen LogP contribution in [0.2, 0.25) is 5.02 Å². The lowest BCUT2D eigenvalue weighted by molar-refractivity contribution is -0.384. The predicted octanol–water partition coefficient (Wildman–Crippen LogP) is 3.99. The molecule has 2 aromatic carbocycles. The molecule has 0 fully saturated rings. The van der Waals surface area contributed by atoms with Gasteiger partial charge in [0.15, 0.2) is 0 Å². The lowest BCUT2D eigenvalue weighted by Gasteiger charge is -2.14. The molecule has 166 valence electrons. The zero-order chi connectivity index (χ0) is 23.3. The topological polar surface area (TPSA) is 141 Å². The van der Waals surface area contributed by atoms with Crippen molar-refractivity contribution < 1.29 is 22.9 Å². The smallest absolute Gasteiger partial charge is 0.269 e. The first-order valence-corrected chi connectivity index (χ1v) is 11.0. The number of nitrogens with one attached hydrogen (secondary N) is 2. The summed E-state index contributed by atoms with van der Waals surface area (Å²) in [5.74, 6) is -0.0190. The molecule has 2 N–H and O–H groups in total. The van der Waals surface area contributed by atoms with Gasteiger partial charge in [-0.2, -0.15) is 0 Å². The van der Waals surface area contributed by atoms with Gasteiger partial charge in [-0.1, -0.05) is 11.6 Å². The minimum Gasteiger partial charge on any atom is -0.455 e. The number of carbonyl (C=O) groups is 1. The van der Waals surface area contributed by atoms with Crippen molar-refractivity contribution in [3.05, 3.63) is 81.6 Å². The number of benzene rings is 2. The number of ether oxygens (including phenoxy) is 1. The number of carbonyl (C=O) groups excluding carboxylic acids is 1. The second-order valence-corrected chi connectivity index (χ2v) is 8.49. The van der Waals surface area contributed by atoms with Crippen LogP contribution < -0.4 is 14.8 Å². The molecule has 0 saturated carbocycles. The maximum absolute atomic E-state index is 12.7. The summed E-state index contributed by atoms with van der Waals surface area (Å²) in [7, 11) is -4.06. The van der Waals surface area contributed by atoms with Gasteiger partial charge in [-0.05, 0) is 37.3 Å². The van der Waals surface area contributed by atoms with Crippen LogP contribution in [0.15, 0.2) is 65.8 Å². The van der Waals surface area contributed by atoms with Crippen LogP contribution in [0.25, 0.3) is 0 Å². The molecular weight excluding hydrogens is 460 g/mol. The first-order valence-electron chi connectivity index (χ1n) is 9.17. The van der Waals surface area contributed by atoms with Crippen molar-refractivity contribution >= 4 is 38.9 Å². The van der Waals surface area contributed by atoms with Gasteiger partial charge in [-0.25, -0.2) is 8.42 Å². The van der Waals surface area contributed by atoms with Crippen LogP contribution in [0, 0.1) is 10.1 Å². The van der Waals surface area contributed by atoms with Crippen LogP contribution in [0.1, 0.15) is 17.3 Å². The van der Waals surface area contributed by atoms with Crippen molar-refractivity contribution in [1.29, 1.82) is 0 Å². The number of sulfonamides is 1. The van der Waals surface area contributed by atoms with E-state index < -0.39 is 20.9 Å². The molecule has 1 aromatic heterocycles. The molecular formula is C20H17ClN4O6S. The van der Waals surface area contributed by atoms with Crippen molar-refractivity contribution in [3.63, 3.8) is 0 Å². The third-order valence-electron chi connectivity index (χ3n) is 4.08. The largest absolute Gasteiger partial charge is 0.455 e. The van der Waals surface area contributed by atoms with E-state index >= 15 is 0 Å². The number of nitro groups is 1. The number of pyridine rings is 1. The first-order chi connectivity index (χ1) is 15.2. The number of rotatable bonds is 8. The molecule has 0 unspecified atom stereocenters. The third-order valence-corrected chi connectivity index (χ3v) is 5.68. The molecule has 0 aliphatic rings. The van der Waals surface area contributed by atoms with Gasteiger partial charge in [0.2, 0.25) is 0 Å². The lowest BCUT2D eigenvalue weighted by Crippen LogP contribution is -2.23. The zero-order valence-electron chi connectivity index (χ0n) is 16.6.